The van der Waals surface area contributed by atoms with Crippen LogP contribution in [0.3, 0.4) is 0 Å². The summed E-state index contributed by atoms with van der Waals surface area (Å²) < 4.78 is 5.27. The fraction of sp³-hybridized carbons (Fsp3) is 0.842. The van der Waals surface area contributed by atoms with Crippen LogP contribution in [-0.2, 0) is 6.42 Å². The highest BCUT2D eigenvalue weighted by Gasteiger charge is 2.14. The van der Waals surface area contributed by atoms with E-state index in [-0.39, 0.29) is 24.0 Å². The molecule has 1 fully saturated rings. The smallest absolute Gasteiger partial charge is 0.226 e. The number of rotatable bonds is 10. The van der Waals surface area contributed by atoms with Gasteiger partial charge in [-0.1, -0.05) is 44.7 Å². The van der Waals surface area contributed by atoms with Gasteiger partial charge < -0.3 is 15.2 Å². The molecule has 2 N–H and O–H groups in total. The summed E-state index contributed by atoms with van der Waals surface area (Å²) in [6.45, 7) is 8.89. The molecule has 0 aromatic carbocycles. The first-order valence-electron chi connectivity index (χ1n) is 10.0. The number of guanidine groups is 1. The van der Waals surface area contributed by atoms with Gasteiger partial charge in [0.1, 0.15) is 0 Å². The van der Waals surface area contributed by atoms with Gasteiger partial charge >= 0.3 is 0 Å². The lowest BCUT2D eigenvalue weighted by Gasteiger charge is -2.12. The standard InChI is InChI=1S/C19H35N5O.HI/c1-4-20-19(21-13-7-11-16-9-5-6-10-16)22-14-8-12-17-23-18(15(2)3)24-25-17;/h15-16H,4-14H2,1-3H3,(H2,20,21,22);1H. The highest BCUT2D eigenvalue weighted by molar-refractivity contribution is 14.0. The van der Waals surface area contributed by atoms with Crippen molar-refractivity contribution >= 4 is 29.9 Å². The molecule has 0 aliphatic heterocycles. The van der Waals surface area contributed by atoms with Crippen molar-refractivity contribution in [3.8, 4) is 0 Å². The number of aromatic nitrogens is 2. The summed E-state index contributed by atoms with van der Waals surface area (Å²) in [5, 5.41) is 10.8. The number of hydrogen-bond donors (Lipinski definition) is 2. The average molecular weight is 477 g/mol. The zero-order valence-electron chi connectivity index (χ0n) is 16.6. The van der Waals surface area contributed by atoms with Crippen LogP contribution in [0.2, 0.25) is 0 Å². The summed E-state index contributed by atoms with van der Waals surface area (Å²) in [5.41, 5.74) is 0. The minimum Gasteiger partial charge on any atom is -0.357 e. The third kappa shape index (κ3) is 8.68. The molecule has 1 aliphatic rings. The van der Waals surface area contributed by atoms with Gasteiger partial charge in [-0.2, -0.15) is 4.98 Å². The Hall–Kier alpha value is -0.860. The summed E-state index contributed by atoms with van der Waals surface area (Å²) >= 11 is 0. The second-order valence-corrected chi connectivity index (χ2v) is 7.28. The summed E-state index contributed by atoms with van der Waals surface area (Å²) in [7, 11) is 0. The van der Waals surface area contributed by atoms with Crippen molar-refractivity contribution in [3.63, 3.8) is 0 Å². The van der Waals surface area contributed by atoms with Gasteiger partial charge in [0.25, 0.3) is 0 Å². The zero-order chi connectivity index (χ0) is 17.9. The van der Waals surface area contributed by atoms with Gasteiger partial charge in [-0.15, -0.1) is 24.0 Å². The molecule has 1 saturated carbocycles. The van der Waals surface area contributed by atoms with Crippen molar-refractivity contribution in [2.24, 2.45) is 10.9 Å². The van der Waals surface area contributed by atoms with E-state index in [1.807, 2.05) is 0 Å². The molecule has 0 radical (unpaired) electrons. The number of hydrogen-bond acceptors (Lipinski definition) is 4. The quantitative estimate of drug-likeness (QED) is 0.228. The number of aliphatic imine (C=N–C) groups is 1. The van der Waals surface area contributed by atoms with E-state index in [2.05, 4.69) is 46.5 Å². The molecule has 0 amide bonds. The van der Waals surface area contributed by atoms with Crippen LogP contribution in [0.4, 0.5) is 0 Å². The Balaban J connectivity index is 0.00000338. The van der Waals surface area contributed by atoms with Gasteiger partial charge in [-0.3, -0.25) is 4.99 Å². The fourth-order valence-electron chi connectivity index (χ4n) is 3.26. The van der Waals surface area contributed by atoms with Crippen LogP contribution in [0.15, 0.2) is 9.52 Å². The molecule has 150 valence electrons. The Bertz CT molecular complexity index is 512. The molecule has 0 saturated heterocycles. The highest BCUT2D eigenvalue weighted by atomic mass is 127. The lowest BCUT2D eigenvalue weighted by Crippen LogP contribution is -2.38. The van der Waals surface area contributed by atoms with E-state index in [1.54, 1.807) is 0 Å². The van der Waals surface area contributed by atoms with E-state index in [4.69, 9.17) is 4.52 Å². The maximum absolute atomic E-state index is 5.27. The molecule has 2 rings (SSSR count). The van der Waals surface area contributed by atoms with Crippen LogP contribution in [0.25, 0.3) is 0 Å². The molecule has 1 heterocycles. The Kier molecular flexibility index (Phi) is 11.9. The molecule has 1 aromatic rings. The van der Waals surface area contributed by atoms with Gasteiger partial charge in [-0.25, -0.2) is 0 Å². The molecule has 0 spiro atoms. The minimum absolute atomic E-state index is 0. The molecule has 0 atom stereocenters. The topological polar surface area (TPSA) is 75.3 Å². The summed E-state index contributed by atoms with van der Waals surface area (Å²) in [4.78, 5) is 9.05. The van der Waals surface area contributed by atoms with E-state index in [0.717, 1.165) is 50.2 Å². The Morgan fingerprint density at radius 2 is 2.00 bits per heavy atom. The van der Waals surface area contributed by atoms with Crippen molar-refractivity contribution in [1.29, 1.82) is 0 Å². The van der Waals surface area contributed by atoms with Crippen molar-refractivity contribution in [3.05, 3.63) is 11.7 Å². The first kappa shape index (κ1) is 23.2. The van der Waals surface area contributed by atoms with Crippen LogP contribution in [-0.4, -0.2) is 35.7 Å². The summed E-state index contributed by atoms with van der Waals surface area (Å²) in [6.07, 6.45) is 10.0. The third-order valence-electron chi connectivity index (χ3n) is 4.72. The molecule has 1 aliphatic carbocycles. The first-order valence-corrected chi connectivity index (χ1v) is 10.0. The Morgan fingerprint density at radius 1 is 1.23 bits per heavy atom. The van der Waals surface area contributed by atoms with E-state index in [1.165, 1.54) is 38.5 Å². The lowest BCUT2D eigenvalue weighted by atomic mass is 10.0. The Morgan fingerprint density at radius 3 is 2.65 bits per heavy atom. The van der Waals surface area contributed by atoms with Crippen molar-refractivity contribution in [1.82, 2.24) is 20.8 Å². The molecule has 1 aromatic heterocycles. The molecule has 7 heteroatoms. The van der Waals surface area contributed by atoms with Gasteiger partial charge in [0, 0.05) is 32.0 Å². The van der Waals surface area contributed by atoms with E-state index >= 15 is 0 Å². The van der Waals surface area contributed by atoms with E-state index in [0.29, 0.717) is 11.8 Å². The molecule has 0 unspecified atom stereocenters. The van der Waals surface area contributed by atoms with Crippen LogP contribution in [0.5, 0.6) is 0 Å². The number of nitrogens with zero attached hydrogens (tertiary/aromatic N) is 3. The largest absolute Gasteiger partial charge is 0.357 e. The number of halogens is 1. The molecule has 0 bridgehead atoms. The molecule has 26 heavy (non-hydrogen) atoms. The third-order valence-corrected chi connectivity index (χ3v) is 4.72. The predicted octanol–water partition coefficient (Wildman–Crippen LogP) is 4.27. The SMILES string of the molecule is CCNC(=NCCCc1nc(C(C)C)no1)NCCCC1CCCC1.I. The highest BCUT2D eigenvalue weighted by Crippen LogP contribution is 2.28. The summed E-state index contributed by atoms with van der Waals surface area (Å²) in [5.74, 6) is 3.70. The maximum Gasteiger partial charge on any atom is 0.226 e. The van der Waals surface area contributed by atoms with Gasteiger partial charge in [0.05, 0.1) is 0 Å². The molecular formula is C19H36IN5O. The second-order valence-electron chi connectivity index (χ2n) is 7.28. The van der Waals surface area contributed by atoms with Crippen LogP contribution >= 0.6 is 24.0 Å². The van der Waals surface area contributed by atoms with Crippen LogP contribution < -0.4 is 10.6 Å². The van der Waals surface area contributed by atoms with Gasteiger partial charge in [0.2, 0.25) is 5.89 Å². The van der Waals surface area contributed by atoms with E-state index < -0.39 is 0 Å². The first-order chi connectivity index (χ1) is 12.2. The van der Waals surface area contributed by atoms with Crippen molar-refractivity contribution in [2.75, 3.05) is 19.6 Å². The summed E-state index contributed by atoms with van der Waals surface area (Å²) in [6, 6.07) is 0. The van der Waals surface area contributed by atoms with Crippen LogP contribution in [0.1, 0.15) is 83.3 Å². The monoisotopic (exact) mass is 477 g/mol. The van der Waals surface area contributed by atoms with Crippen LogP contribution in [0, 0.1) is 5.92 Å². The predicted molar refractivity (Wildman–Crippen MR) is 117 cm³/mol. The van der Waals surface area contributed by atoms with Gasteiger partial charge in [0.15, 0.2) is 11.8 Å². The minimum atomic E-state index is 0. The lowest BCUT2D eigenvalue weighted by molar-refractivity contribution is 0.369. The van der Waals surface area contributed by atoms with E-state index in [9.17, 15) is 0 Å². The second kappa shape index (κ2) is 13.3. The Labute approximate surface area is 175 Å². The van der Waals surface area contributed by atoms with Gasteiger partial charge in [-0.05, 0) is 32.1 Å². The number of aryl methyl sites for hydroxylation is 1. The molecular weight excluding hydrogens is 441 g/mol. The van der Waals surface area contributed by atoms with Crippen molar-refractivity contribution < 1.29 is 4.52 Å². The number of nitrogens with one attached hydrogen (secondary N) is 2. The average Bonchev–Trinajstić information content (AvgIpc) is 3.27. The maximum atomic E-state index is 5.27. The molecule has 6 nitrogen and oxygen atoms in total. The zero-order valence-corrected chi connectivity index (χ0v) is 18.9. The normalized spacial score (nSPS) is 15.3. The van der Waals surface area contributed by atoms with Crippen molar-refractivity contribution in [2.45, 2.75) is 78.1 Å². The fourth-order valence-corrected chi connectivity index (χ4v) is 3.26.